The largest absolute Gasteiger partial charge is 0.337 e. The molecule has 1 saturated carbocycles. The van der Waals surface area contributed by atoms with E-state index in [2.05, 4.69) is 27.1 Å². The second-order valence-corrected chi connectivity index (χ2v) is 9.28. The van der Waals surface area contributed by atoms with Gasteiger partial charge in [-0.1, -0.05) is 28.8 Å². The number of likely N-dealkylation sites (N-methyl/N-ethyl adjacent to an activating group) is 1. The molecule has 2 aliphatic rings. The van der Waals surface area contributed by atoms with E-state index in [9.17, 15) is 4.79 Å². The summed E-state index contributed by atoms with van der Waals surface area (Å²) in [7, 11) is 2.01. The van der Waals surface area contributed by atoms with Gasteiger partial charge in [-0.25, -0.2) is 0 Å². The minimum absolute atomic E-state index is 0.156. The van der Waals surface area contributed by atoms with E-state index >= 15 is 0 Å². The molecule has 1 aromatic rings. The summed E-state index contributed by atoms with van der Waals surface area (Å²) in [4.78, 5) is 17.8. The standard InChI is InChI=1S/C20H29BrN2OS/c1-22(20(24)15-9-11-16(21)12-10-15)17-7-3-4-8-18(25-2)19(17)23-13-5-6-14-23/h9-12,17-19H,3-8,13-14H2,1-2H3. The lowest BCUT2D eigenvalue weighted by atomic mass is 9.98. The van der Waals surface area contributed by atoms with Crippen LogP contribution in [0.3, 0.4) is 0 Å². The summed E-state index contributed by atoms with van der Waals surface area (Å²) in [5, 5.41) is 0.630. The number of hydrogen-bond acceptors (Lipinski definition) is 3. The van der Waals surface area contributed by atoms with Crippen molar-refractivity contribution in [3.8, 4) is 0 Å². The average Bonchev–Trinajstić information content (AvgIpc) is 3.07. The summed E-state index contributed by atoms with van der Waals surface area (Å²) in [6, 6.07) is 8.57. The van der Waals surface area contributed by atoms with Gasteiger partial charge in [-0.15, -0.1) is 0 Å². The minimum Gasteiger partial charge on any atom is -0.337 e. The Labute approximate surface area is 164 Å². The van der Waals surface area contributed by atoms with Crippen LogP contribution in [0.1, 0.15) is 48.9 Å². The summed E-state index contributed by atoms with van der Waals surface area (Å²) in [6.45, 7) is 2.39. The fraction of sp³-hybridized carbons (Fsp3) is 0.650. The molecule has 0 spiro atoms. The molecule has 0 radical (unpaired) electrons. The SMILES string of the molecule is CSC1CCCCC(N(C)C(=O)c2ccc(Br)cc2)C1N1CCCC1. The summed E-state index contributed by atoms with van der Waals surface area (Å²) in [6.07, 6.45) is 9.75. The van der Waals surface area contributed by atoms with Crippen molar-refractivity contribution in [3.63, 3.8) is 0 Å². The maximum absolute atomic E-state index is 13.1. The third-order valence-electron chi connectivity index (χ3n) is 5.79. The Morgan fingerprint density at radius 2 is 1.76 bits per heavy atom. The zero-order valence-corrected chi connectivity index (χ0v) is 17.7. The Bertz CT molecular complexity index is 574. The van der Waals surface area contributed by atoms with Gasteiger partial charge >= 0.3 is 0 Å². The van der Waals surface area contributed by atoms with E-state index in [1.807, 2.05) is 48.0 Å². The van der Waals surface area contributed by atoms with E-state index in [-0.39, 0.29) is 5.91 Å². The first-order valence-corrected chi connectivity index (χ1v) is 11.5. The number of amides is 1. The van der Waals surface area contributed by atoms with Crippen molar-refractivity contribution in [3.05, 3.63) is 34.3 Å². The summed E-state index contributed by atoms with van der Waals surface area (Å²) in [5.41, 5.74) is 0.788. The van der Waals surface area contributed by atoms with Crippen LogP contribution < -0.4 is 0 Å². The third kappa shape index (κ3) is 4.42. The van der Waals surface area contributed by atoms with Crippen LogP contribution in [0, 0.1) is 0 Å². The van der Waals surface area contributed by atoms with Crippen molar-refractivity contribution in [2.75, 3.05) is 26.4 Å². The smallest absolute Gasteiger partial charge is 0.253 e. The first kappa shape index (κ1) is 19.2. The lowest BCUT2D eigenvalue weighted by Gasteiger charge is -2.42. The van der Waals surface area contributed by atoms with Gasteiger partial charge in [-0.3, -0.25) is 9.69 Å². The van der Waals surface area contributed by atoms with Crippen molar-refractivity contribution in [1.29, 1.82) is 0 Å². The van der Waals surface area contributed by atoms with E-state index < -0.39 is 0 Å². The molecule has 1 aliphatic heterocycles. The van der Waals surface area contributed by atoms with Crippen LogP contribution in [0.2, 0.25) is 0 Å². The van der Waals surface area contributed by atoms with Crippen molar-refractivity contribution in [2.45, 2.75) is 55.9 Å². The molecule has 0 bridgehead atoms. The molecular formula is C20H29BrN2OS. The number of likely N-dealkylation sites (tertiary alicyclic amines) is 1. The monoisotopic (exact) mass is 424 g/mol. The van der Waals surface area contributed by atoms with Gasteiger partial charge in [-0.2, -0.15) is 11.8 Å². The highest BCUT2D eigenvalue weighted by atomic mass is 79.9. The number of carbonyl (C=O) groups excluding carboxylic acids is 1. The molecular weight excluding hydrogens is 396 g/mol. The van der Waals surface area contributed by atoms with Crippen LogP contribution in [-0.4, -0.2) is 59.4 Å². The molecule has 138 valence electrons. The Kier molecular flexibility index (Phi) is 6.86. The van der Waals surface area contributed by atoms with Crippen LogP contribution in [0.25, 0.3) is 0 Å². The molecule has 1 heterocycles. The van der Waals surface area contributed by atoms with Gasteiger partial charge in [0.1, 0.15) is 0 Å². The quantitative estimate of drug-likeness (QED) is 0.656. The Balaban J connectivity index is 1.84. The van der Waals surface area contributed by atoms with Crippen LogP contribution >= 0.6 is 27.7 Å². The highest BCUT2D eigenvalue weighted by molar-refractivity contribution is 9.10. The third-order valence-corrected chi connectivity index (χ3v) is 7.44. The Hall–Kier alpha value is -0.520. The molecule has 25 heavy (non-hydrogen) atoms. The van der Waals surface area contributed by atoms with E-state index in [4.69, 9.17) is 0 Å². The Morgan fingerprint density at radius 1 is 1.12 bits per heavy atom. The number of thioether (sulfide) groups is 1. The van der Waals surface area contributed by atoms with E-state index in [1.165, 1.54) is 45.2 Å². The minimum atomic E-state index is 0.156. The first-order valence-electron chi connectivity index (χ1n) is 9.41. The molecule has 2 fully saturated rings. The van der Waals surface area contributed by atoms with Gasteiger partial charge < -0.3 is 4.90 Å². The average molecular weight is 425 g/mol. The van der Waals surface area contributed by atoms with Gasteiger partial charge in [-0.05, 0) is 69.3 Å². The molecule has 0 aromatic heterocycles. The topological polar surface area (TPSA) is 23.6 Å². The number of rotatable bonds is 4. The molecule has 5 heteroatoms. The number of hydrogen-bond donors (Lipinski definition) is 0. The lowest BCUT2D eigenvalue weighted by molar-refractivity contribution is 0.0591. The van der Waals surface area contributed by atoms with Crippen molar-refractivity contribution < 1.29 is 4.79 Å². The van der Waals surface area contributed by atoms with E-state index in [0.717, 1.165) is 16.5 Å². The fourth-order valence-corrected chi connectivity index (χ4v) is 5.73. The Morgan fingerprint density at radius 3 is 2.40 bits per heavy atom. The van der Waals surface area contributed by atoms with Crippen molar-refractivity contribution in [2.24, 2.45) is 0 Å². The summed E-state index contributed by atoms with van der Waals surface area (Å²) in [5.74, 6) is 0.156. The molecule has 3 nitrogen and oxygen atoms in total. The molecule has 1 aromatic carbocycles. The van der Waals surface area contributed by atoms with E-state index in [1.54, 1.807) is 0 Å². The molecule has 1 aliphatic carbocycles. The van der Waals surface area contributed by atoms with Gasteiger partial charge in [0.25, 0.3) is 5.91 Å². The lowest BCUT2D eigenvalue weighted by Crippen LogP contribution is -2.55. The zero-order chi connectivity index (χ0) is 17.8. The summed E-state index contributed by atoms with van der Waals surface area (Å²) >= 11 is 5.45. The maximum atomic E-state index is 13.1. The second kappa shape index (κ2) is 8.92. The van der Waals surface area contributed by atoms with Crippen LogP contribution in [-0.2, 0) is 0 Å². The molecule has 1 saturated heterocycles. The predicted octanol–water partition coefficient (Wildman–Crippen LogP) is 4.66. The molecule has 0 N–H and O–H groups in total. The second-order valence-electron chi connectivity index (χ2n) is 7.28. The highest BCUT2D eigenvalue weighted by Crippen LogP contribution is 2.34. The summed E-state index contributed by atoms with van der Waals surface area (Å²) < 4.78 is 1.01. The van der Waals surface area contributed by atoms with Crippen molar-refractivity contribution >= 4 is 33.6 Å². The zero-order valence-electron chi connectivity index (χ0n) is 15.3. The number of carbonyl (C=O) groups is 1. The van der Waals surface area contributed by atoms with Crippen LogP contribution in [0.15, 0.2) is 28.7 Å². The van der Waals surface area contributed by atoms with Gasteiger partial charge in [0.05, 0.1) is 0 Å². The number of benzene rings is 1. The normalized spacial score (nSPS) is 27.9. The van der Waals surface area contributed by atoms with Gasteiger partial charge in [0.2, 0.25) is 0 Å². The van der Waals surface area contributed by atoms with Gasteiger partial charge in [0, 0.05) is 34.4 Å². The van der Waals surface area contributed by atoms with Gasteiger partial charge in [0.15, 0.2) is 0 Å². The molecule has 3 unspecified atom stereocenters. The maximum Gasteiger partial charge on any atom is 0.253 e. The first-order chi connectivity index (χ1) is 12.1. The van der Waals surface area contributed by atoms with Crippen molar-refractivity contribution in [1.82, 2.24) is 9.80 Å². The van der Waals surface area contributed by atoms with Crippen LogP contribution in [0.4, 0.5) is 0 Å². The molecule has 3 atom stereocenters. The highest BCUT2D eigenvalue weighted by Gasteiger charge is 2.39. The number of nitrogens with zero attached hydrogens (tertiary/aromatic N) is 2. The molecule has 1 amide bonds. The predicted molar refractivity (Wildman–Crippen MR) is 110 cm³/mol. The van der Waals surface area contributed by atoms with E-state index in [0.29, 0.717) is 17.3 Å². The fourth-order valence-electron chi connectivity index (χ4n) is 4.43. The molecule has 3 rings (SSSR count). The van der Waals surface area contributed by atoms with Crippen LogP contribution in [0.5, 0.6) is 0 Å². The number of halogens is 1.